The van der Waals surface area contributed by atoms with Gasteiger partial charge in [-0.3, -0.25) is 19.3 Å². The molecule has 21 heavy (non-hydrogen) atoms. The number of ketones is 1. The number of nitrogens with one attached hydrogen (secondary N) is 1. The number of amides is 1. The summed E-state index contributed by atoms with van der Waals surface area (Å²) in [7, 11) is 1.65. The van der Waals surface area contributed by atoms with Crippen LogP contribution in [0.15, 0.2) is 24.3 Å². The van der Waals surface area contributed by atoms with Gasteiger partial charge >= 0.3 is 5.97 Å². The van der Waals surface area contributed by atoms with Gasteiger partial charge in [0.15, 0.2) is 5.78 Å². The first-order chi connectivity index (χ1) is 9.93. The zero-order valence-corrected chi connectivity index (χ0v) is 12.5. The molecular weight excluding hydrogens is 272 g/mol. The number of carbonyl (C=O) groups excluding carboxylic acids is 3. The molecule has 0 atom stereocenters. The monoisotopic (exact) mass is 292 g/mol. The van der Waals surface area contributed by atoms with Gasteiger partial charge in [-0.1, -0.05) is 12.1 Å². The topological polar surface area (TPSA) is 75.7 Å². The number of carbonyl (C=O) groups is 3. The molecular formula is C15H20N2O4. The van der Waals surface area contributed by atoms with Crippen LogP contribution in [0, 0.1) is 0 Å². The summed E-state index contributed by atoms with van der Waals surface area (Å²) in [5.41, 5.74) is 0.929. The fourth-order valence-electron chi connectivity index (χ4n) is 1.82. The van der Waals surface area contributed by atoms with Crippen LogP contribution in [0.4, 0.5) is 5.69 Å². The molecule has 0 fully saturated rings. The van der Waals surface area contributed by atoms with Gasteiger partial charge in [0.2, 0.25) is 5.91 Å². The number of para-hydroxylation sites is 1. The third-order valence-corrected chi connectivity index (χ3v) is 2.70. The standard InChI is InChI=1S/C15H20N2O4/c1-4-21-15(20)10-17(3)9-14(19)16-13-8-6-5-7-12(13)11(2)18/h5-8H,4,9-10H2,1-3H3,(H,16,19). The second-order valence-corrected chi connectivity index (χ2v) is 4.63. The quantitative estimate of drug-likeness (QED) is 0.606. The van der Waals surface area contributed by atoms with E-state index in [-0.39, 0.29) is 30.7 Å². The van der Waals surface area contributed by atoms with Crippen molar-refractivity contribution in [3.05, 3.63) is 29.8 Å². The highest BCUT2D eigenvalue weighted by atomic mass is 16.5. The van der Waals surface area contributed by atoms with Crippen LogP contribution >= 0.6 is 0 Å². The lowest BCUT2D eigenvalue weighted by Crippen LogP contribution is -2.34. The minimum Gasteiger partial charge on any atom is -0.465 e. The highest BCUT2D eigenvalue weighted by molar-refractivity contribution is 6.04. The van der Waals surface area contributed by atoms with Crippen LogP contribution in [0.1, 0.15) is 24.2 Å². The smallest absolute Gasteiger partial charge is 0.320 e. The van der Waals surface area contributed by atoms with Gasteiger partial charge in [0.05, 0.1) is 25.4 Å². The zero-order chi connectivity index (χ0) is 15.8. The largest absolute Gasteiger partial charge is 0.465 e. The summed E-state index contributed by atoms with van der Waals surface area (Å²) in [5, 5.41) is 2.67. The van der Waals surface area contributed by atoms with Crippen LogP contribution in [-0.4, -0.2) is 49.3 Å². The predicted molar refractivity (Wildman–Crippen MR) is 79.2 cm³/mol. The maximum atomic E-state index is 11.9. The maximum Gasteiger partial charge on any atom is 0.320 e. The third kappa shape index (κ3) is 5.74. The Morgan fingerprint density at radius 3 is 2.48 bits per heavy atom. The summed E-state index contributed by atoms with van der Waals surface area (Å²) in [4.78, 5) is 36.2. The summed E-state index contributed by atoms with van der Waals surface area (Å²) >= 11 is 0. The Bertz CT molecular complexity index is 528. The van der Waals surface area contributed by atoms with Crippen LogP contribution in [-0.2, 0) is 14.3 Å². The van der Waals surface area contributed by atoms with Crippen LogP contribution < -0.4 is 5.32 Å². The molecule has 0 saturated carbocycles. The highest BCUT2D eigenvalue weighted by Gasteiger charge is 2.13. The maximum absolute atomic E-state index is 11.9. The van der Waals surface area contributed by atoms with Crippen LogP contribution in [0.2, 0.25) is 0 Å². The molecule has 0 aliphatic rings. The SMILES string of the molecule is CCOC(=O)CN(C)CC(=O)Nc1ccccc1C(C)=O. The first-order valence-corrected chi connectivity index (χ1v) is 6.68. The van der Waals surface area contributed by atoms with Crippen molar-refractivity contribution < 1.29 is 19.1 Å². The Kier molecular flexibility index (Phi) is 6.55. The van der Waals surface area contributed by atoms with Gasteiger partial charge < -0.3 is 10.1 Å². The van der Waals surface area contributed by atoms with E-state index < -0.39 is 0 Å². The third-order valence-electron chi connectivity index (χ3n) is 2.70. The number of anilines is 1. The highest BCUT2D eigenvalue weighted by Crippen LogP contribution is 2.15. The van der Waals surface area contributed by atoms with Crippen LogP contribution in [0.25, 0.3) is 0 Å². The van der Waals surface area contributed by atoms with Gasteiger partial charge in [0.1, 0.15) is 0 Å². The van der Waals surface area contributed by atoms with Crippen molar-refractivity contribution in [3.63, 3.8) is 0 Å². The number of benzene rings is 1. The molecule has 114 valence electrons. The number of nitrogens with zero attached hydrogens (tertiary/aromatic N) is 1. The average Bonchev–Trinajstić information content (AvgIpc) is 2.38. The van der Waals surface area contributed by atoms with Crippen molar-refractivity contribution in [2.24, 2.45) is 0 Å². The van der Waals surface area contributed by atoms with Crippen molar-refractivity contribution in [3.8, 4) is 0 Å². The first kappa shape index (κ1) is 16.8. The number of hydrogen-bond donors (Lipinski definition) is 1. The van der Waals surface area contributed by atoms with Crippen LogP contribution in [0.3, 0.4) is 0 Å². The summed E-state index contributed by atoms with van der Waals surface area (Å²) in [6.45, 7) is 3.55. The normalized spacial score (nSPS) is 10.3. The Morgan fingerprint density at radius 1 is 1.19 bits per heavy atom. The first-order valence-electron chi connectivity index (χ1n) is 6.68. The molecule has 0 spiro atoms. The van der Waals surface area contributed by atoms with E-state index >= 15 is 0 Å². The molecule has 0 radical (unpaired) electrons. The van der Waals surface area contributed by atoms with Gasteiger partial charge in [-0.2, -0.15) is 0 Å². The van der Waals surface area contributed by atoms with Crippen molar-refractivity contribution in [2.75, 3.05) is 32.1 Å². The second-order valence-electron chi connectivity index (χ2n) is 4.63. The number of hydrogen-bond acceptors (Lipinski definition) is 5. The van der Waals surface area contributed by atoms with E-state index in [0.717, 1.165) is 0 Å². The van der Waals surface area contributed by atoms with E-state index in [4.69, 9.17) is 4.74 Å². The molecule has 1 aromatic carbocycles. The van der Waals surface area contributed by atoms with E-state index in [1.807, 2.05) is 0 Å². The molecule has 0 heterocycles. The molecule has 1 N–H and O–H groups in total. The molecule has 0 aliphatic carbocycles. The zero-order valence-electron chi connectivity index (χ0n) is 12.5. The van der Waals surface area contributed by atoms with E-state index in [1.54, 1.807) is 43.1 Å². The fourth-order valence-corrected chi connectivity index (χ4v) is 1.82. The van der Waals surface area contributed by atoms with Gasteiger partial charge in [0.25, 0.3) is 0 Å². The lowest BCUT2D eigenvalue weighted by Gasteiger charge is -2.16. The number of esters is 1. The van der Waals surface area contributed by atoms with Crippen molar-refractivity contribution >= 4 is 23.3 Å². The fraction of sp³-hybridized carbons (Fsp3) is 0.400. The number of rotatable bonds is 7. The van der Waals surface area contributed by atoms with Crippen LogP contribution in [0.5, 0.6) is 0 Å². The van der Waals surface area contributed by atoms with E-state index in [1.165, 1.54) is 6.92 Å². The minimum atomic E-state index is -0.378. The predicted octanol–water partition coefficient (Wildman–Crippen LogP) is 1.32. The van der Waals surface area contributed by atoms with Crippen molar-refractivity contribution in [1.29, 1.82) is 0 Å². The van der Waals surface area contributed by atoms with Crippen molar-refractivity contribution in [1.82, 2.24) is 4.90 Å². The Hall–Kier alpha value is -2.21. The molecule has 0 aromatic heterocycles. The van der Waals surface area contributed by atoms with Gasteiger partial charge in [-0.25, -0.2) is 0 Å². The summed E-state index contributed by atoms with van der Waals surface area (Å²) in [5.74, 6) is -0.793. The molecule has 1 rings (SSSR count). The van der Waals surface area contributed by atoms with E-state index in [9.17, 15) is 14.4 Å². The number of likely N-dealkylation sites (N-methyl/N-ethyl adjacent to an activating group) is 1. The Morgan fingerprint density at radius 2 is 1.86 bits per heavy atom. The Labute approximate surface area is 124 Å². The molecule has 0 unspecified atom stereocenters. The van der Waals surface area contributed by atoms with Gasteiger partial charge in [-0.15, -0.1) is 0 Å². The number of Topliss-reactive ketones (excluding diaryl/α,β-unsaturated/α-hetero) is 1. The lowest BCUT2D eigenvalue weighted by molar-refractivity contribution is -0.144. The second kappa shape index (κ2) is 8.16. The lowest BCUT2D eigenvalue weighted by atomic mass is 10.1. The summed E-state index contributed by atoms with van der Waals surface area (Å²) in [6, 6.07) is 6.80. The van der Waals surface area contributed by atoms with E-state index in [2.05, 4.69) is 5.32 Å². The average molecular weight is 292 g/mol. The molecule has 1 amide bonds. The van der Waals surface area contributed by atoms with Crippen molar-refractivity contribution in [2.45, 2.75) is 13.8 Å². The molecule has 6 heteroatoms. The molecule has 0 aliphatic heterocycles. The van der Waals surface area contributed by atoms with E-state index in [0.29, 0.717) is 17.9 Å². The molecule has 0 bridgehead atoms. The van der Waals surface area contributed by atoms with Gasteiger partial charge in [-0.05, 0) is 33.0 Å². The number of ether oxygens (including phenoxy) is 1. The molecule has 0 saturated heterocycles. The summed E-state index contributed by atoms with van der Waals surface area (Å²) in [6.07, 6.45) is 0. The molecule has 1 aromatic rings. The van der Waals surface area contributed by atoms with Gasteiger partial charge in [0, 0.05) is 5.56 Å². The minimum absolute atomic E-state index is 0.0328. The summed E-state index contributed by atoms with van der Waals surface area (Å²) < 4.78 is 4.81. The Balaban J connectivity index is 2.58. The molecule has 6 nitrogen and oxygen atoms in total.